The molecular weight excluding hydrogens is 442 g/mol. The molecule has 0 spiro atoms. The summed E-state index contributed by atoms with van der Waals surface area (Å²) in [5, 5.41) is 7.48. The summed E-state index contributed by atoms with van der Waals surface area (Å²) in [5.41, 5.74) is 2.01. The number of nitrogens with zero attached hydrogens (tertiary/aromatic N) is 3. The lowest BCUT2D eigenvalue weighted by Crippen LogP contribution is -2.31. The van der Waals surface area contributed by atoms with Crippen molar-refractivity contribution in [3.05, 3.63) is 71.8 Å². The Balaban J connectivity index is 1.53. The van der Waals surface area contributed by atoms with Gasteiger partial charge in [-0.2, -0.15) is 10.1 Å². The highest BCUT2D eigenvalue weighted by atomic mass is 19.3. The minimum absolute atomic E-state index is 0.0716. The standard InChI is InChI=1S/C25H24F2N4O3/c1-15(16-9-11-18(33-3)12-10-16)28-20(32)14-34-21-13-19(24(26)27)22-23(17-7-5-4-6-8-17)30-31(2)25(22)29-21/h4-13,15,24H,14H2,1-3H3,(H,28,32). The molecule has 0 aliphatic heterocycles. The first-order valence-electron chi connectivity index (χ1n) is 10.6. The molecule has 7 nitrogen and oxygen atoms in total. The van der Waals surface area contributed by atoms with Crippen molar-refractivity contribution in [2.24, 2.45) is 7.05 Å². The minimum Gasteiger partial charge on any atom is -0.497 e. The Morgan fingerprint density at radius 2 is 1.82 bits per heavy atom. The average molecular weight is 466 g/mol. The van der Waals surface area contributed by atoms with Crippen LogP contribution >= 0.6 is 0 Å². The number of alkyl halides is 2. The van der Waals surface area contributed by atoms with Crippen LogP contribution in [0.4, 0.5) is 8.78 Å². The molecule has 2 aromatic carbocycles. The Morgan fingerprint density at radius 1 is 1.12 bits per heavy atom. The van der Waals surface area contributed by atoms with E-state index in [1.165, 1.54) is 10.7 Å². The Hall–Kier alpha value is -4.01. The second-order valence-electron chi connectivity index (χ2n) is 7.74. The molecule has 0 bridgehead atoms. The summed E-state index contributed by atoms with van der Waals surface area (Å²) in [5.74, 6) is 0.240. The molecule has 0 saturated heterocycles. The lowest BCUT2D eigenvalue weighted by Gasteiger charge is -2.15. The zero-order valence-electron chi connectivity index (χ0n) is 19.0. The molecule has 0 fully saturated rings. The van der Waals surface area contributed by atoms with Crippen molar-refractivity contribution in [3.63, 3.8) is 0 Å². The monoisotopic (exact) mass is 466 g/mol. The van der Waals surface area contributed by atoms with E-state index in [0.717, 1.165) is 5.56 Å². The van der Waals surface area contributed by atoms with Gasteiger partial charge in [0.25, 0.3) is 12.3 Å². The number of aryl methyl sites for hydroxylation is 1. The molecule has 1 unspecified atom stereocenters. The fourth-order valence-electron chi connectivity index (χ4n) is 3.69. The van der Waals surface area contributed by atoms with Gasteiger partial charge in [-0.15, -0.1) is 0 Å². The fraction of sp³-hybridized carbons (Fsp3) is 0.240. The van der Waals surface area contributed by atoms with Crippen molar-refractivity contribution >= 4 is 16.9 Å². The van der Waals surface area contributed by atoms with Gasteiger partial charge in [-0.05, 0) is 24.6 Å². The lowest BCUT2D eigenvalue weighted by atomic mass is 10.1. The molecule has 0 saturated carbocycles. The number of hydrogen-bond donors (Lipinski definition) is 1. The first-order valence-corrected chi connectivity index (χ1v) is 10.6. The maximum absolute atomic E-state index is 14.0. The molecule has 2 aromatic heterocycles. The van der Waals surface area contributed by atoms with E-state index in [4.69, 9.17) is 9.47 Å². The summed E-state index contributed by atoms with van der Waals surface area (Å²) in [6.45, 7) is 1.46. The summed E-state index contributed by atoms with van der Waals surface area (Å²) in [6.07, 6.45) is -2.77. The molecule has 1 amide bonds. The van der Waals surface area contributed by atoms with Crippen molar-refractivity contribution < 1.29 is 23.0 Å². The van der Waals surface area contributed by atoms with Gasteiger partial charge in [-0.3, -0.25) is 4.79 Å². The highest BCUT2D eigenvalue weighted by molar-refractivity contribution is 5.94. The lowest BCUT2D eigenvalue weighted by molar-refractivity contribution is -0.123. The zero-order valence-corrected chi connectivity index (χ0v) is 19.0. The predicted molar refractivity (Wildman–Crippen MR) is 124 cm³/mol. The molecule has 2 heterocycles. The number of methoxy groups -OCH3 is 1. The Morgan fingerprint density at radius 3 is 2.47 bits per heavy atom. The number of rotatable bonds is 8. The quantitative estimate of drug-likeness (QED) is 0.402. The highest BCUT2D eigenvalue weighted by Gasteiger charge is 2.23. The van der Waals surface area contributed by atoms with E-state index >= 15 is 0 Å². The van der Waals surface area contributed by atoms with Gasteiger partial charge in [0, 0.05) is 24.2 Å². The number of hydrogen-bond acceptors (Lipinski definition) is 5. The van der Waals surface area contributed by atoms with E-state index in [-0.39, 0.29) is 35.1 Å². The van der Waals surface area contributed by atoms with E-state index in [1.54, 1.807) is 38.4 Å². The molecule has 9 heteroatoms. The summed E-state index contributed by atoms with van der Waals surface area (Å²) in [6, 6.07) is 17.3. The number of fused-ring (bicyclic) bond motifs is 1. The van der Waals surface area contributed by atoms with Crippen LogP contribution in [0.1, 0.15) is 30.5 Å². The third-order valence-corrected chi connectivity index (χ3v) is 5.43. The highest BCUT2D eigenvalue weighted by Crippen LogP contribution is 2.36. The number of benzene rings is 2. The number of ether oxygens (including phenoxy) is 2. The van der Waals surface area contributed by atoms with Crippen LogP contribution in [0.2, 0.25) is 0 Å². The van der Waals surface area contributed by atoms with Gasteiger partial charge in [0.1, 0.15) is 11.4 Å². The van der Waals surface area contributed by atoms with E-state index in [0.29, 0.717) is 17.0 Å². The summed E-state index contributed by atoms with van der Waals surface area (Å²) in [7, 11) is 3.21. The fourth-order valence-corrected chi connectivity index (χ4v) is 3.69. The molecule has 0 aliphatic rings. The topological polar surface area (TPSA) is 78.3 Å². The second-order valence-corrected chi connectivity index (χ2v) is 7.74. The van der Waals surface area contributed by atoms with Crippen molar-refractivity contribution in [2.75, 3.05) is 13.7 Å². The molecule has 0 radical (unpaired) electrons. The van der Waals surface area contributed by atoms with Crippen molar-refractivity contribution in [2.45, 2.75) is 19.4 Å². The SMILES string of the molecule is COc1ccc(C(C)NC(=O)COc2cc(C(F)F)c3c(-c4ccccc4)nn(C)c3n2)cc1. The number of nitrogens with one attached hydrogen (secondary N) is 1. The Kier molecular flexibility index (Phi) is 6.72. The van der Waals surface area contributed by atoms with Gasteiger partial charge in [0.2, 0.25) is 5.88 Å². The number of amides is 1. The molecule has 4 aromatic rings. The number of pyridine rings is 1. The van der Waals surface area contributed by atoms with Crippen molar-refractivity contribution in [1.82, 2.24) is 20.1 Å². The Labute approximate surface area is 195 Å². The maximum Gasteiger partial charge on any atom is 0.264 e. The van der Waals surface area contributed by atoms with Crippen LogP contribution in [0.15, 0.2) is 60.7 Å². The first-order chi connectivity index (χ1) is 16.4. The number of carbonyl (C=O) groups excluding carboxylic acids is 1. The maximum atomic E-state index is 14.0. The van der Waals surface area contributed by atoms with E-state index in [2.05, 4.69) is 15.4 Å². The van der Waals surface area contributed by atoms with Gasteiger partial charge in [0.15, 0.2) is 12.3 Å². The van der Waals surface area contributed by atoms with E-state index in [9.17, 15) is 13.6 Å². The molecule has 0 aliphatic carbocycles. The molecule has 34 heavy (non-hydrogen) atoms. The minimum atomic E-state index is -2.77. The Bertz CT molecular complexity index is 1290. The largest absolute Gasteiger partial charge is 0.497 e. The van der Waals surface area contributed by atoms with Crippen LogP contribution < -0.4 is 14.8 Å². The average Bonchev–Trinajstić information content (AvgIpc) is 3.19. The number of halogens is 2. The normalized spacial score (nSPS) is 12.1. The third kappa shape index (κ3) is 4.83. The van der Waals surface area contributed by atoms with Crippen LogP contribution in [-0.2, 0) is 11.8 Å². The predicted octanol–water partition coefficient (Wildman–Crippen LogP) is 4.84. The van der Waals surface area contributed by atoms with Crippen LogP contribution in [0.3, 0.4) is 0 Å². The van der Waals surface area contributed by atoms with Crippen molar-refractivity contribution in [3.8, 4) is 22.9 Å². The second kappa shape index (κ2) is 9.86. The van der Waals surface area contributed by atoms with Crippen molar-refractivity contribution in [1.29, 1.82) is 0 Å². The van der Waals surface area contributed by atoms with Crippen LogP contribution in [0.25, 0.3) is 22.3 Å². The number of carbonyl (C=O) groups is 1. The number of aromatic nitrogens is 3. The van der Waals surface area contributed by atoms with Crippen LogP contribution in [0, 0.1) is 0 Å². The summed E-state index contributed by atoms with van der Waals surface area (Å²) in [4.78, 5) is 16.8. The zero-order chi connectivity index (χ0) is 24.2. The molecule has 1 N–H and O–H groups in total. The molecular formula is C25H24F2N4O3. The van der Waals surface area contributed by atoms with E-state index < -0.39 is 12.3 Å². The van der Waals surface area contributed by atoms with Gasteiger partial charge < -0.3 is 14.8 Å². The molecule has 1 atom stereocenters. The van der Waals surface area contributed by atoms with E-state index in [1.807, 2.05) is 37.3 Å². The first kappa shape index (κ1) is 23.2. The van der Waals surface area contributed by atoms with Gasteiger partial charge in [0.05, 0.1) is 18.5 Å². The van der Waals surface area contributed by atoms with Crippen LogP contribution in [0.5, 0.6) is 11.6 Å². The van der Waals surface area contributed by atoms with Crippen LogP contribution in [-0.4, -0.2) is 34.4 Å². The van der Waals surface area contributed by atoms with Gasteiger partial charge in [-0.25, -0.2) is 13.5 Å². The molecule has 176 valence electrons. The summed E-state index contributed by atoms with van der Waals surface area (Å²) >= 11 is 0. The van der Waals surface area contributed by atoms with Gasteiger partial charge in [-0.1, -0.05) is 42.5 Å². The third-order valence-electron chi connectivity index (χ3n) is 5.43. The van der Waals surface area contributed by atoms with Gasteiger partial charge >= 0.3 is 0 Å². The summed E-state index contributed by atoms with van der Waals surface area (Å²) < 4.78 is 40.0. The molecule has 4 rings (SSSR count). The smallest absolute Gasteiger partial charge is 0.264 e.